The maximum Gasteiger partial charge on any atom is 0.271 e. The Balaban J connectivity index is 1.86. The molecule has 0 spiro atoms. The third kappa shape index (κ3) is 2.97. The number of rotatable bonds is 5. The number of nitrogens with zero attached hydrogens (tertiary/aromatic N) is 1. The van der Waals surface area contributed by atoms with Gasteiger partial charge in [0, 0.05) is 23.1 Å². The Morgan fingerprint density at radius 2 is 2.14 bits per heavy atom. The zero-order chi connectivity index (χ0) is 15.6. The molecule has 0 fully saturated rings. The van der Waals surface area contributed by atoms with Gasteiger partial charge in [0.1, 0.15) is 9.96 Å². The van der Waals surface area contributed by atoms with Gasteiger partial charge in [0.15, 0.2) is 5.76 Å². The molecule has 22 heavy (non-hydrogen) atoms. The summed E-state index contributed by atoms with van der Waals surface area (Å²) in [6.45, 7) is 0. The van der Waals surface area contributed by atoms with Crippen molar-refractivity contribution in [3.63, 3.8) is 0 Å². The Labute approximate surface area is 131 Å². The van der Waals surface area contributed by atoms with E-state index in [1.807, 2.05) is 0 Å². The third-order valence-corrected chi connectivity index (χ3v) is 5.71. The molecule has 2 aromatic heterocycles. The zero-order valence-electron chi connectivity index (χ0n) is 11.5. The number of ether oxygens (including phenoxy) is 1. The van der Waals surface area contributed by atoms with Crippen molar-refractivity contribution in [1.29, 1.82) is 0 Å². The Hall–Kier alpha value is -2.32. The van der Waals surface area contributed by atoms with Crippen molar-refractivity contribution in [2.75, 3.05) is 11.8 Å². The fourth-order valence-corrected chi connectivity index (χ4v) is 4.06. The molecule has 0 atom stereocenters. The van der Waals surface area contributed by atoms with E-state index in [9.17, 15) is 8.42 Å². The first kappa shape index (κ1) is 14.6. The highest BCUT2D eigenvalue weighted by Gasteiger charge is 2.18. The maximum atomic E-state index is 12.4. The van der Waals surface area contributed by atoms with Crippen LogP contribution in [0, 0.1) is 0 Å². The maximum absolute atomic E-state index is 12.4. The van der Waals surface area contributed by atoms with Crippen molar-refractivity contribution < 1.29 is 17.7 Å². The smallest absolute Gasteiger partial charge is 0.271 e. The molecule has 0 bridgehead atoms. The Bertz CT molecular complexity index is 870. The molecule has 3 rings (SSSR count). The highest BCUT2D eigenvalue weighted by Crippen LogP contribution is 2.29. The van der Waals surface area contributed by atoms with Crippen LogP contribution in [0.3, 0.4) is 0 Å². The number of anilines is 1. The lowest BCUT2D eigenvalue weighted by molar-refractivity contribution is 0.415. The minimum absolute atomic E-state index is 0.196. The van der Waals surface area contributed by atoms with Gasteiger partial charge in [0.2, 0.25) is 0 Å². The van der Waals surface area contributed by atoms with Crippen LogP contribution in [0.1, 0.15) is 0 Å². The van der Waals surface area contributed by atoms with Gasteiger partial charge in [-0.25, -0.2) is 8.42 Å². The molecule has 0 unspecified atom stereocenters. The van der Waals surface area contributed by atoms with Crippen LogP contribution in [0.15, 0.2) is 56.7 Å². The Kier molecular flexibility index (Phi) is 3.86. The minimum atomic E-state index is -3.66. The largest absolute Gasteiger partial charge is 0.497 e. The Morgan fingerprint density at radius 1 is 1.27 bits per heavy atom. The lowest BCUT2D eigenvalue weighted by atomic mass is 10.3. The summed E-state index contributed by atoms with van der Waals surface area (Å²) in [7, 11) is -2.13. The van der Waals surface area contributed by atoms with E-state index in [-0.39, 0.29) is 4.21 Å². The topological polar surface area (TPSA) is 81.4 Å². The lowest BCUT2D eigenvalue weighted by Gasteiger charge is -2.07. The summed E-state index contributed by atoms with van der Waals surface area (Å²) in [5.41, 5.74) is 1.11. The van der Waals surface area contributed by atoms with E-state index < -0.39 is 10.0 Å². The van der Waals surface area contributed by atoms with Gasteiger partial charge in [-0.2, -0.15) is 0 Å². The second kappa shape index (κ2) is 5.82. The van der Waals surface area contributed by atoms with Crippen molar-refractivity contribution in [3.8, 4) is 17.1 Å². The van der Waals surface area contributed by atoms with E-state index in [1.165, 1.54) is 13.3 Å². The van der Waals surface area contributed by atoms with Crippen molar-refractivity contribution in [1.82, 2.24) is 5.16 Å². The van der Waals surface area contributed by atoms with Crippen LogP contribution < -0.4 is 9.46 Å². The van der Waals surface area contributed by atoms with E-state index in [0.717, 1.165) is 11.3 Å². The molecule has 0 saturated carbocycles. The molecular weight excluding hydrogens is 324 g/mol. The monoisotopic (exact) mass is 336 g/mol. The lowest BCUT2D eigenvalue weighted by Crippen LogP contribution is -2.11. The molecule has 114 valence electrons. The summed E-state index contributed by atoms with van der Waals surface area (Å²) < 4.78 is 37.6. The van der Waals surface area contributed by atoms with Gasteiger partial charge in [-0.3, -0.25) is 4.72 Å². The van der Waals surface area contributed by atoms with Crippen LogP contribution in [0.4, 0.5) is 5.69 Å². The molecule has 1 aromatic carbocycles. The number of methoxy groups -OCH3 is 1. The molecule has 0 radical (unpaired) electrons. The standard InChI is InChI=1S/C14H12N2O4S2/c1-19-12-4-2-3-11(8-12)16-22(17,18)14-7-10(9-21-14)13-5-6-15-20-13/h2-9,16H,1H3. The average molecular weight is 336 g/mol. The molecule has 0 aliphatic heterocycles. The fourth-order valence-electron chi connectivity index (χ4n) is 1.84. The van der Waals surface area contributed by atoms with Gasteiger partial charge in [0.05, 0.1) is 19.0 Å². The van der Waals surface area contributed by atoms with Crippen molar-refractivity contribution >= 4 is 27.0 Å². The van der Waals surface area contributed by atoms with Gasteiger partial charge in [-0.1, -0.05) is 11.2 Å². The first-order valence-corrected chi connectivity index (χ1v) is 8.61. The van der Waals surface area contributed by atoms with E-state index in [0.29, 0.717) is 22.8 Å². The molecule has 0 amide bonds. The minimum Gasteiger partial charge on any atom is -0.497 e. The van der Waals surface area contributed by atoms with Crippen molar-refractivity contribution in [2.45, 2.75) is 4.21 Å². The second-order valence-electron chi connectivity index (χ2n) is 4.37. The van der Waals surface area contributed by atoms with Crippen LogP contribution in [0.5, 0.6) is 5.75 Å². The summed E-state index contributed by atoms with van der Waals surface area (Å²) >= 11 is 1.11. The van der Waals surface area contributed by atoms with Gasteiger partial charge in [-0.05, 0) is 18.2 Å². The number of thiophene rings is 1. The molecule has 6 nitrogen and oxygen atoms in total. The quantitative estimate of drug-likeness (QED) is 0.774. The van der Waals surface area contributed by atoms with Crippen LogP contribution in [0.2, 0.25) is 0 Å². The molecule has 0 saturated heterocycles. The predicted octanol–water partition coefficient (Wildman–Crippen LogP) is 3.21. The van der Waals surface area contributed by atoms with E-state index in [4.69, 9.17) is 9.26 Å². The average Bonchev–Trinajstić information content (AvgIpc) is 3.18. The van der Waals surface area contributed by atoms with Gasteiger partial charge < -0.3 is 9.26 Å². The molecule has 3 aromatic rings. The molecule has 1 N–H and O–H groups in total. The van der Waals surface area contributed by atoms with Gasteiger partial charge in [-0.15, -0.1) is 11.3 Å². The van der Waals surface area contributed by atoms with Crippen molar-refractivity contribution in [2.24, 2.45) is 0 Å². The molecular formula is C14H12N2O4S2. The van der Waals surface area contributed by atoms with E-state index in [1.54, 1.807) is 41.8 Å². The van der Waals surface area contributed by atoms with Gasteiger partial charge >= 0.3 is 0 Å². The van der Waals surface area contributed by atoms with Crippen LogP contribution in [-0.2, 0) is 10.0 Å². The van der Waals surface area contributed by atoms with Crippen LogP contribution in [-0.4, -0.2) is 20.7 Å². The van der Waals surface area contributed by atoms with Crippen LogP contribution in [0.25, 0.3) is 11.3 Å². The summed E-state index contributed by atoms with van der Waals surface area (Å²) in [5, 5.41) is 5.32. The van der Waals surface area contributed by atoms with Crippen LogP contribution >= 0.6 is 11.3 Å². The number of benzene rings is 1. The summed E-state index contributed by atoms with van der Waals surface area (Å²) in [5.74, 6) is 1.10. The predicted molar refractivity (Wildman–Crippen MR) is 83.6 cm³/mol. The summed E-state index contributed by atoms with van der Waals surface area (Å²) in [4.78, 5) is 0. The summed E-state index contributed by atoms with van der Waals surface area (Å²) in [6, 6.07) is 9.95. The zero-order valence-corrected chi connectivity index (χ0v) is 13.1. The van der Waals surface area contributed by atoms with Crippen molar-refractivity contribution in [3.05, 3.63) is 48.0 Å². The molecule has 2 heterocycles. The Morgan fingerprint density at radius 3 is 2.86 bits per heavy atom. The second-order valence-corrected chi connectivity index (χ2v) is 7.19. The third-order valence-electron chi connectivity index (χ3n) is 2.88. The van der Waals surface area contributed by atoms with E-state index in [2.05, 4.69) is 9.88 Å². The first-order chi connectivity index (χ1) is 10.6. The first-order valence-electron chi connectivity index (χ1n) is 6.25. The number of hydrogen-bond acceptors (Lipinski definition) is 6. The number of hydrogen-bond donors (Lipinski definition) is 1. The normalized spacial score (nSPS) is 11.3. The number of aromatic nitrogens is 1. The van der Waals surface area contributed by atoms with E-state index >= 15 is 0 Å². The fraction of sp³-hybridized carbons (Fsp3) is 0.0714. The highest BCUT2D eigenvalue weighted by molar-refractivity contribution is 7.94. The molecule has 8 heteroatoms. The SMILES string of the molecule is COc1cccc(NS(=O)(=O)c2cc(-c3ccno3)cs2)c1. The van der Waals surface area contributed by atoms with Gasteiger partial charge in [0.25, 0.3) is 10.0 Å². The number of nitrogens with one attached hydrogen (secondary N) is 1. The summed E-state index contributed by atoms with van der Waals surface area (Å²) in [6.07, 6.45) is 1.51. The molecule has 0 aliphatic carbocycles. The highest BCUT2D eigenvalue weighted by atomic mass is 32.2. The molecule has 0 aliphatic rings. The number of sulfonamides is 1.